The molecule has 130 valence electrons. The van der Waals surface area contributed by atoms with Crippen LogP contribution in [-0.4, -0.2) is 16.3 Å². The van der Waals surface area contributed by atoms with Crippen LogP contribution < -0.4 is 0 Å². The average molecular weight is 330 g/mol. The van der Waals surface area contributed by atoms with Gasteiger partial charge in [-0.15, -0.1) is 0 Å². The van der Waals surface area contributed by atoms with Crippen molar-refractivity contribution in [2.24, 2.45) is 23.2 Å². The third kappa shape index (κ3) is 2.40. The number of benzene rings is 1. The Morgan fingerprint density at radius 3 is 2.92 bits per heavy atom. The monoisotopic (exact) mass is 330 g/mol. The quantitative estimate of drug-likeness (QED) is 0.824. The van der Waals surface area contributed by atoms with Crippen LogP contribution in [0.1, 0.15) is 56.1 Å². The number of allylic oxidation sites excluding steroid dienone is 1. The average Bonchev–Trinajstić information content (AvgIpc) is 2.76. The topological polar surface area (TPSA) is 40.5 Å². The van der Waals surface area contributed by atoms with Crippen molar-refractivity contribution < 1.29 is 14.6 Å². The van der Waals surface area contributed by atoms with E-state index in [2.05, 4.69) is 19.6 Å². The van der Waals surface area contributed by atoms with E-state index < -0.39 is 6.10 Å². The van der Waals surface area contributed by atoms with Crippen molar-refractivity contribution in [2.75, 3.05) is 0 Å². The number of hydrogen-bond donors (Lipinski definition) is 2. The van der Waals surface area contributed by atoms with Crippen LogP contribution in [-0.2, 0) is 6.42 Å². The van der Waals surface area contributed by atoms with E-state index in [4.69, 9.17) is 0 Å². The van der Waals surface area contributed by atoms with E-state index in [-0.39, 0.29) is 17.2 Å². The molecule has 0 unspecified atom stereocenters. The van der Waals surface area contributed by atoms with Gasteiger partial charge in [-0.2, -0.15) is 0 Å². The van der Waals surface area contributed by atoms with Crippen molar-refractivity contribution in [2.45, 2.75) is 57.5 Å². The van der Waals surface area contributed by atoms with Crippen molar-refractivity contribution in [1.82, 2.24) is 0 Å². The molecule has 0 heterocycles. The minimum atomic E-state index is -0.410. The Kier molecular flexibility index (Phi) is 3.76. The van der Waals surface area contributed by atoms with Crippen LogP contribution in [0.5, 0.6) is 5.75 Å². The highest BCUT2D eigenvalue weighted by Crippen LogP contribution is 2.63. The summed E-state index contributed by atoms with van der Waals surface area (Å²) in [6.45, 7) is 5.75. The maximum Gasteiger partial charge on any atom is 0.115 e. The lowest BCUT2D eigenvalue weighted by Crippen LogP contribution is -2.42. The summed E-state index contributed by atoms with van der Waals surface area (Å²) in [4.78, 5) is 0. The molecule has 2 nitrogen and oxygen atoms in total. The Morgan fingerprint density at radius 2 is 2.17 bits per heavy atom. The van der Waals surface area contributed by atoms with Crippen LogP contribution in [0.2, 0.25) is 0 Å². The zero-order valence-corrected chi connectivity index (χ0v) is 14.3. The molecule has 4 rings (SSSR count). The van der Waals surface area contributed by atoms with E-state index in [1.165, 1.54) is 11.1 Å². The van der Waals surface area contributed by atoms with E-state index in [1.54, 1.807) is 6.07 Å². The lowest BCUT2D eigenvalue weighted by Gasteiger charge is -2.50. The number of aryl methyl sites for hydroxylation is 1. The Morgan fingerprint density at radius 1 is 1.38 bits per heavy atom. The molecule has 0 aliphatic heterocycles. The number of aromatic hydroxyl groups is 1. The lowest BCUT2D eigenvalue weighted by molar-refractivity contribution is 0.0278. The largest absolute Gasteiger partial charge is 0.508 e. The first kappa shape index (κ1) is 16.1. The van der Waals surface area contributed by atoms with Crippen molar-refractivity contribution in [3.05, 3.63) is 41.7 Å². The molecule has 0 spiro atoms. The second-order valence-electron chi connectivity index (χ2n) is 8.57. The van der Waals surface area contributed by atoms with Gasteiger partial charge in [-0.25, -0.2) is 4.39 Å². The third-order valence-corrected chi connectivity index (χ3v) is 7.17. The summed E-state index contributed by atoms with van der Waals surface area (Å²) in [5, 5.41) is 20.4. The highest BCUT2D eigenvalue weighted by atomic mass is 19.1. The van der Waals surface area contributed by atoms with Crippen LogP contribution in [0.3, 0.4) is 0 Å². The molecule has 0 amide bonds. The highest BCUT2D eigenvalue weighted by molar-refractivity contribution is 5.40. The summed E-state index contributed by atoms with van der Waals surface area (Å²) in [6.07, 6.45) is 4.94. The molecular formula is C21H27FO2. The predicted molar refractivity (Wildman–Crippen MR) is 92.5 cm³/mol. The Bertz CT molecular complexity index is 670. The van der Waals surface area contributed by atoms with Gasteiger partial charge in [0.15, 0.2) is 0 Å². The second kappa shape index (κ2) is 5.59. The standard InChI is InChI=1S/C21H27FO2/c1-12(22)9-18-19(24)11-21(2)8-7-16-15-6-4-14(23)10-13(15)3-5-17(16)20(18)21/h4,6,10,16-20,23-24H,1,3,5,7-9,11H2,2H3/t16-,17-,18-,19-,20-,21-/m1/s1. The van der Waals surface area contributed by atoms with Crippen LogP contribution in [0.25, 0.3) is 0 Å². The first-order valence-electron chi connectivity index (χ1n) is 9.22. The van der Waals surface area contributed by atoms with Crippen LogP contribution in [0.4, 0.5) is 4.39 Å². The van der Waals surface area contributed by atoms with E-state index >= 15 is 0 Å². The molecule has 0 saturated heterocycles. The SMILES string of the molecule is C=C(F)C[C@H]1[C@H]2[C@@H]3CCc4cc(O)ccc4[C@H]3CC[C@]2(C)C[C@H]1O. The molecule has 3 heteroatoms. The minimum Gasteiger partial charge on any atom is -0.508 e. The zero-order chi connectivity index (χ0) is 17.1. The van der Waals surface area contributed by atoms with Crippen molar-refractivity contribution in [3.63, 3.8) is 0 Å². The van der Waals surface area contributed by atoms with E-state index in [1.807, 2.05) is 6.07 Å². The van der Waals surface area contributed by atoms with Crippen LogP contribution >= 0.6 is 0 Å². The summed E-state index contributed by atoms with van der Waals surface area (Å²) in [6, 6.07) is 5.78. The highest BCUT2D eigenvalue weighted by Gasteiger charge is 2.57. The number of phenols is 1. The van der Waals surface area contributed by atoms with Gasteiger partial charge in [0.2, 0.25) is 0 Å². The Hall–Kier alpha value is -1.35. The predicted octanol–water partition coefficient (Wildman–Crippen LogP) is 4.71. The molecule has 0 aromatic heterocycles. The second-order valence-corrected chi connectivity index (χ2v) is 8.57. The molecule has 24 heavy (non-hydrogen) atoms. The first-order valence-corrected chi connectivity index (χ1v) is 9.22. The lowest BCUT2D eigenvalue weighted by atomic mass is 9.54. The number of halogens is 1. The molecule has 6 atom stereocenters. The van der Waals surface area contributed by atoms with Crippen molar-refractivity contribution in [1.29, 1.82) is 0 Å². The van der Waals surface area contributed by atoms with Gasteiger partial charge in [-0.3, -0.25) is 0 Å². The van der Waals surface area contributed by atoms with Gasteiger partial charge in [0.1, 0.15) is 5.75 Å². The van der Waals surface area contributed by atoms with Gasteiger partial charge >= 0.3 is 0 Å². The summed E-state index contributed by atoms with van der Waals surface area (Å²) < 4.78 is 13.6. The molecule has 1 aromatic carbocycles. The van der Waals surface area contributed by atoms with Gasteiger partial charge in [0.25, 0.3) is 0 Å². The number of rotatable bonds is 2. The van der Waals surface area contributed by atoms with E-state index in [0.717, 1.165) is 32.1 Å². The van der Waals surface area contributed by atoms with E-state index in [0.29, 0.717) is 29.9 Å². The maximum absolute atomic E-state index is 13.6. The van der Waals surface area contributed by atoms with Crippen molar-refractivity contribution in [3.8, 4) is 5.75 Å². The number of hydrogen-bond acceptors (Lipinski definition) is 2. The fraction of sp³-hybridized carbons (Fsp3) is 0.619. The molecule has 2 fully saturated rings. The molecule has 2 saturated carbocycles. The summed E-state index contributed by atoms with van der Waals surface area (Å²) >= 11 is 0. The fourth-order valence-electron chi connectivity index (χ4n) is 6.35. The Balaban J connectivity index is 1.71. The van der Waals surface area contributed by atoms with Crippen LogP contribution in [0.15, 0.2) is 30.6 Å². The Labute approximate surface area is 143 Å². The molecule has 3 aliphatic rings. The summed E-state index contributed by atoms with van der Waals surface area (Å²) in [7, 11) is 0. The summed E-state index contributed by atoms with van der Waals surface area (Å²) in [5.41, 5.74) is 2.75. The minimum absolute atomic E-state index is 0.000958. The molecular weight excluding hydrogens is 303 g/mol. The molecule has 2 N–H and O–H groups in total. The van der Waals surface area contributed by atoms with Gasteiger partial charge in [-0.1, -0.05) is 19.6 Å². The number of phenolic OH excluding ortho intramolecular Hbond substituents is 1. The van der Waals surface area contributed by atoms with Crippen LogP contribution in [0, 0.1) is 23.2 Å². The molecule has 0 bridgehead atoms. The maximum atomic E-state index is 13.6. The zero-order valence-electron chi connectivity index (χ0n) is 14.3. The normalized spacial score (nSPS) is 40.5. The fourth-order valence-corrected chi connectivity index (χ4v) is 6.35. The number of aliphatic hydroxyl groups is 1. The van der Waals surface area contributed by atoms with Crippen molar-refractivity contribution >= 4 is 0 Å². The van der Waals surface area contributed by atoms with Gasteiger partial charge in [0.05, 0.1) is 11.9 Å². The van der Waals surface area contributed by atoms with Gasteiger partial charge in [-0.05, 0) is 84.5 Å². The number of fused-ring (bicyclic) bond motifs is 5. The van der Waals surface area contributed by atoms with Gasteiger partial charge in [0, 0.05) is 6.42 Å². The third-order valence-electron chi connectivity index (χ3n) is 7.17. The summed E-state index contributed by atoms with van der Waals surface area (Å²) in [5.74, 6) is 1.39. The van der Waals surface area contributed by atoms with E-state index in [9.17, 15) is 14.6 Å². The van der Waals surface area contributed by atoms with Gasteiger partial charge < -0.3 is 10.2 Å². The molecule has 1 aromatic rings. The molecule has 0 radical (unpaired) electrons. The smallest absolute Gasteiger partial charge is 0.115 e. The molecule has 3 aliphatic carbocycles. The number of aliphatic hydroxyl groups excluding tert-OH is 1. The first-order chi connectivity index (χ1) is 11.4.